The van der Waals surface area contributed by atoms with Crippen molar-refractivity contribution in [3.05, 3.63) is 24.3 Å². The third kappa shape index (κ3) is 1.36. The van der Waals surface area contributed by atoms with Crippen LogP contribution >= 0.6 is 0 Å². The normalized spacial score (nSPS) is 59.2. The molecule has 4 aliphatic carbocycles. The number of aliphatic carboxylic acids is 1. The Morgan fingerprint density at radius 3 is 2.73 bits per heavy atom. The number of carbonyl (C=O) groups is 2. The molecule has 1 saturated heterocycles. The van der Waals surface area contributed by atoms with Gasteiger partial charge in [0.15, 0.2) is 0 Å². The molecule has 4 fully saturated rings. The van der Waals surface area contributed by atoms with Crippen LogP contribution < -0.4 is 0 Å². The monoisotopic (exact) mass is 362 g/mol. The predicted octanol–water partition coefficient (Wildman–Crippen LogP) is -0.00210. The summed E-state index contributed by atoms with van der Waals surface area (Å²) in [4.78, 5) is 25.1. The van der Waals surface area contributed by atoms with Crippen molar-refractivity contribution in [2.75, 3.05) is 0 Å². The fourth-order valence-electron chi connectivity index (χ4n) is 7.11. The Morgan fingerprint density at radius 1 is 1.38 bits per heavy atom. The van der Waals surface area contributed by atoms with Crippen molar-refractivity contribution in [3.8, 4) is 0 Å². The minimum Gasteiger partial charge on any atom is -0.481 e. The zero-order chi connectivity index (χ0) is 18.9. The van der Waals surface area contributed by atoms with Crippen molar-refractivity contribution in [1.82, 2.24) is 0 Å². The van der Waals surface area contributed by atoms with Gasteiger partial charge in [-0.15, -0.1) is 0 Å². The zero-order valence-corrected chi connectivity index (χ0v) is 14.4. The van der Waals surface area contributed by atoms with Gasteiger partial charge in [0.25, 0.3) is 0 Å². The van der Waals surface area contributed by atoms with Crippen LogP contribution in [0.4, 0.5) is 0 Å². The standard InChI is InChI=1S/C19H22O7/c1-8-6-17-7-18(8,25)11(21)5-9(17)19-4-3-10(20)16(2,15(24)26-19)13(19)12(17)14(22)23/h3-4,9-13,20-21,25H,1,5-7H2,2H3,(H,22,23)/t9-,10+,11+,12-,13-,16-,17+,18+,19-/m1/s1. The summed E-state index contributed by atoms with van der Waals surface area (Å²) >= 11 is 0. The summed E-state index contributed by atoms with van der Waals surface area (Å²) < 4.78 is 5.81. The third-order valence-electron chi connectivity index (χ3n) is 8.22. The molecule has 5 aliphatic rings. The minimum absolute atomic E-state index is 0.0808. The van der Waals surface area contributed by atoms with Crippen LogP contribution in [0.25, 0.3) is 0 Å². The van der Waals surface area contributed by atoms with Gasteiger partial charge in [0.1, 0.15) is 16.6 Å². The van der Waals surface area contributed by atoms with Crippen LogP contribution in [-0.4, -0.2) is 55.8 Å². The molecule has 4 bridgehead atoms. The maximum Gasteiger partial charge on any atom is 0.316 e. The maximum absolute atomic E-state index is 12.7. The minimum atomic E-state index is -1.51. The van der Waals surface area contributed by atoms with Crippen molar-refractivity contribution >= 4 is 11.9 Å². The Kier molecular flexibility index (Phi) is 2.68. The highest BCUT2D eigenvalue weighted by Crippen LogP contribution is 2.77. The first kappa shape index (κ1) is 16.5. The van der Waals surface area contributed by atoms with E-state index in [-0.39, 0.29) is 19.3 Å². The number of aliphatic hydroxyl groups excluding tert-OH is 2. The predicted molar refractivity (Wildman–Crippen MR) is 86.6 cm³/mol. The number of carbonyl (C=O) groups excluding carboxylic acids is 1. The zero-order valence-electron chi connectivity index (χ0n) is 14.4. The number of hydrogen-bond donors (Lipinski definition) is 4. The van der Waals surface area contributed by atoms with E-state index in [2.05, 4.69) is 6.58 Å². The lowest BCUT2D eigenvalue weighted by Crippen LogP contribution is -2.53. The topological polar surface area (TPSA) is 124 Å². The summed E-state index contributed by atoms with van der Waals surface area (Å²) in [5.41, 5.74) is -4.48. The van der Waals surface area contributed by atoms with Crippen molar-refractivity contribution in [3.63, 3.8) is 0 Å². The van der Waals surface area contributed by atoms with Crippen LogP contribution in [0, 0.1) is 28.6 Å². The molecular weight excluding hydrogens is 340 g/mol. The van der Waals surface area contributed by atoms with Gasteiger partial charge >= 0.3 is 11.9 Å². The SMILES string of the molecule is C=C1C[C@]23C[C@@]1(O)[C@@H](O)C[C@H]2[C@@]12C=C[C@H](O)[C@@](C)(C(=O)O1)[C@H]2[C@@H]3C(=O)O. The van der Waals surface area contributed by atoms with Gasteiger partial charge in [-0.2, -0.15) is 0 Å². The second-order valence-corrected chi connectivity index (χ2v) is 9.04. The van der Waals surface area contributed by atoms with E-state index < -0.39 is 63.9 Å². The second-order valence-electron chi connectivity index (χ2n) is 9.04. The Morgan fingerprint density at radius 2 is 2.08 bits per heavy atom. The van der Waals surface area contributed by atoms with E-state index >= 15 is 0 Å². The highest BCUT2D eigenvalue weighted by atomic mass is 16.6. The lowest BCUT2D eigenvalue weighted by Gasteiger charge is -2.46. The molecule has 9 atom stereocenters. The number of carboxylic acids is 1. The van der Waals surface area contributed by atoms with E-state index in [9.17, 15) is 30.0 Å². The Labute approximate surface area is 150 Å². The van der Waals surface area contributed by atoms with Crippen molar-refractivity contribution < 1.29 is 34.8 Å². The fourth-order valence-corrected chi connectivity index (χ4v) is 7.11. The van der Waals surface area contributed by atoms with Crippen LogP contribution in [0.5, 0.6) is 0 Å². The molecule has 26 heavy (non-hydrogen) atoms. The molecule has 0 unspecified atom stereocenters. The second kappa shape index (κ2) is 4.24. The van der Waals surface area contributed by atoms with Crippen LogP contribution in [0.1, 0.15) is 26.2 Å². The first-order chi connectivity index (χ1) is 12.0. The van der Waals surface area contributed by atoms with Gasteiger partial charge in [-0.3, -0.25) is 9.59 Å². The van der Waals surface area contributed by atoms with Gasteiger partial charge in [0.2, 0.25) is 0 Å². The number of ether oxygens (including phenoxy) is 1. The lowest BCUT2D eigenvalue weighted by atomic mass is 9.61. The fraction of sp³-hybridized carbons (Fsp3) is 0.684. The number of aliphatic hydroxyl groups is 3. The quantitative estimate of drug-likeness (QED) is 0.382. The molecule has 7 heteroatoms. The molecular formula is C19H22O7. The summed E-state index contributed by atoms with van der Waals surface area (Å²) in [5, 5.41) is 42.2. The maximum atomic E-state index is 12.7. The van der Waals surface area contributed by atoms with Crippen LogP contribution in [0.15, 0.2) is 24.3 Å². The molecule has 7 nitrogen and oxygen atoms in total. The average molecular weight is 362 g/mol. The molecule has 3 saturated carbocycles. The molecule has 4 N–H and O–H groups in total. The molecule has 1 spiro atoms. The molecule has 0 aromatic carbocycles. The van der Waals surface area contributed by atoms with Crippen LogP contribution in [-0.2, 0) is 14.3 Å². The Bertz CT molecular complexity index is 804. The van der Waals surface area contributed by atoms with Gasteiger partial charge in [-0.1, -0.05) is 12.7 Å². The third-order valence-corrected chi connectivity index (χ3v) is 8.22. The number of esters is 1. The van der Waals surface area contributed by atoms with E-state index in [0.29, 0.717) is 5.57 Å². The molecule has 0 aromatic rings. The summed E-state index contributed by atoms with van der Waals surface area (Å²) in [5.74, 6) is -3.87. The van der Waals surface area contributed by atoms with E-state index in [0.717, 1.165) is 0 Å². The van der Waals surface area contributed by atoms with Crippen molar-refractivity contribution in [2.24, 2.45) is 28.6 Å². The van der Waals surface area contributed by atoms with Crippen LogP contribution in [0.2, 0.25) is 0 Å². The highest BCUT2D eigenvalue weighted by Gasteiger charge is 2.84. The van der Waals surface area contributed by atoms with Gasteiger partial charge < -0.3 is 25.2 Å². The molecule has 0 amide bonds. The highest BCUT2D eigenvalue weighted by molar-refractivity contribution is 5.86. The van der Waals surface area contributed by atoms with Gasteiger partial charge in [0.05, 0.1) is 18.1 Å². The Balaban J connectivity index is 1.79. The van der Waals surface area contributed by atoms with Crippen LogP contribution in [0.3, 0.4) is 0 Å². The number of hydrogen-bond acceptors (Lipinski definition) is 6. The van der Waals surface area contributed by atoms with Gasteiger partial charge in [0, 0.05) is 11.8 Å². The van der Waals surface area contributed by atoms with E-state index in [1.165, 1.54) is 6.08 Å². The summed E-state index contributed by atoms with van der Waals surface area (Å²) in [6.45, 7) is 5.48. The summed E-state index contributed by atoms with van der Waals surface area (Å²) in [7, 11) is 0. The number of rotatable bonds is 1. The number of fused-ring (bicyclic) bond motifs is 1. The average Bonchev–Trinajstić information content (AvgIpc) is 2.99. The summed E-state index contributed by atoms with van der Waals surface area (Å²) in [6, 6.07) is 0. The van der Waals surface area contributed by atoms with Crippen molar-refractivity contribution in [2.45, 2.75) is 49.6 Å². The van der Waals surface area contributed by atoms with Gasteiger partial charge in [-0.05, 0) is 43.3 Å². The largest absolute Gasteiger partial charge is 0.481 e. The van der Waals surface area contributed by atoms with E-state index in [4.69, 9.17) is 4.74 Å². The first-order valence-electron chi connectivity index (χ1n) is 8.96. The molecule has 5 rings (SSSR count). The van der Waals surface area contributed by atoms with E-state index in [1.54, 1.807) is 13.0 Å². The Hall–Kier alpha value is -1.70. The molecule has 1 aliphatic heterocycles. The molecule has 0 aromatic heterocycles. The van der Waals surface area contributed by atoms with E-state index in [1.807, 2.05) is 0 Å². The van der Waals surface area contributed by atoms with Gasteiger partial charge in [-0.25, -0.2) is 0 Å². The first-order valence-corrected chi connectivity index (χ1v) is 8.96. The van der Waals surface area contributed by atoms with Crippen molar-refractivity contribution in [1.29, 1.82) is 0 Å². The smallest absolute Gasteiger partial charge is 0.316 e. The molecule has 0 radical (unpaired) electrons. The molecule has 140 valence electrons. The lowest BCUT2D eigenvalue weighted by molar-refractivity contribution is -0.169. The molecule has 1 heterocycles. The summed E-state index contributed by atoms with van der Waals surface area (Å²) in [6.07, 6.45) is 1.37. The number of carboxylic acid groups (broad SMARTS) is 1.